The van der Waals surface area contributed by atoms with Crippen LogP contribution in [0.25, 0.3) is 0 Å². The zero-order chi connectivity index (χ0) is 12.3. The molecule has 1 fully saturated rings. The van der Waals surface area contributed by atoms with Gasteiger partial charge in [-0.25, -0.2) is 0 Å². The lowest BCUT2D eigenvalue weighted by Gasteiger charge is -2.32. The van der Waals surface area contributed by atoms with Gasteiger partial charge in [0.05, 0.1) is 12.7 Å². The number of aryl methyl sites for hydroxylation is 2. The Morgan fingerprint density at radius 1 is 1.41 bits per heavy atom. The maximum atomic E-state index is 5.85. The lowest BCUT2D eigenvalue weighted by Crippen LogP contribution is -2.42. The molecule has 1 aromatic carbocycles. The van der Waals surface area contributed by atoms with Gasteiger partial charge in [-0.3, -0.25) is 4.90 Å². The summed E-state index contributed by atoms with van der Waals surface area (Å²) in [6.07, 6.45) is 0.190. The van der Waals surface area contributed by atoms with E-state index in [4.69, 9.17) is 16.3 Å². The minimum atomic E-state index is 0.190. The normalized spacial score (nSPS) is 21.7. The summed E-state index contributed by atoms with van der Waals surface area (Å²) < 4.78 is 5.58. The van der Waals surface area contributed by atoms with Gasteiger partial charge >= 0.3 is 0 Å². The second-order valence-corrected chi connectivity index (χ2v) is 5.12. The van der Waals surface area contributed by atoms with Gasteiger partial charge in [-0.05, 0) is 25.0 Å². The van der Waals surface area contributed by atoms with Crippen LogP contribution in [0.1, 0.15) is 16.7 Å². The summed E-state index contributed by atoms with van der Waals surface area (Å²) in [7, 11) is 0. The van der Waals surface area contributed by atoms with Gasteiger partial charge in [-0.15, -0.1) is 11.6 Å². The molecule has 2 nitrogen and oxygen atoms in total. The van der Waals surface area contributed by atoms with Crippen molar-refractivity contribution in [3.63, 3.8) is 0 Å². The van der Waals surface area contributed by atoms with Crippen molar-refractivity contribution < 1.29 is 4.74 Å². The third-order valence-electron chi connectivity index (χ3n) is 3.29. The number of hydrogen-bond donors (Lipinski definition) is 0. The number of halogens is 1. The second-order valence-electron chi connectivity index (χ2n) is 4.81. The maximum absolute atomic E-state index is 5.85. The van der Waals surface area contributed by atoms with E-state index in [1.165, 1.54) is 16.7 Å². The second kappa shape index (κ2) is 5.85. The first-order valence-corrected chi connectivity index (χ1v) is 6.68. The van der Waals surface area contributed by atoms with Gasteiger partial charge in [0.25, 0.3) is 0 Å². The molecule has 1 heterocycles. The van der Waals surface area contributed by atoms with E-state index in [0.29, 0.717) is 5.88 Å². The molecule has 0 bridgehead atoms. The fourth-order valence-electron chi connectivity index (χ4n) is 2.23. The molecule has 0 amide bonds. The highest BCUT2D eigenvalue weighted by Gasteiger charge is 2.19. The Kier molecular flexibility index (Phi) is 4.43. The summed E-state index contributed by atoms with van der Waals surface area (Å²) in [5.74, 6) is 0.587. The van der Waals surface area contributed by atoms with Gasteiger partial charge in [-0.2, -0.15) is 0 Å². The molecule has 0 aromatic heterocycles. The van der Waals surface area contributed by atoms with Crippen LogP contribution < -0.4 is 0 Å². The molecule has 94 valence electrons. The zero-order valence-corrected chi connectivity index (χ0v) is 11.3. The SMILES string of the molecule is Cc1ccc(C)c(CN2CCOC(CCl)C2)c1. The van der Waals surface area contributed by atoms with Gasteiger partial charge in [0.2, 0.25) is 0 Å². The Bertz CT molecular complexity index is 380. The van der Waals surface area contributed by atoms with E-state index in [2.05, 4.69) is 36.9 Å². The van der Waals surface area contributed by atoms with E-state index in [-0.39, 0.29) is 6.10 Å². The number of nitrogens with zero attached hydrogens (tertiary/aromatic N) is 1. The van der Waals surface area contributed by atoms with E-state index in [9.17, 15) is 0 Å². The highest BCUT2D eigenvalue weighted by atomic mass is 35.5. The molecule has 0 N–H and O–H groups in total. The Balaban J connectivity index is 2.02. The zero-order valence-electron chi connectivity index (χ0n) is 10.6. The average molecular weight is 254 g/mol. The standard InChI is InChI=1S/C14H20ClNO/c1-11-3-4-12(2)13(7-11)9-16-5-6-17-14(8-15)10-16/h3-4,7,14H,5-6,8-10H2,1-2H3. The van der Waals surface area contributed by atoms with Crippen LogP contribution in [0, 0.1) is 13.8 Å². The van der Waals surface area contributed by atoms with Gasteiger partial charge in [0, 0.05) is 25.5 Å². The molecular weight excluding hydrogens is 234 g/mol. The van der Waals surface area contributed by atoms with Crippen LogP contribution in [0.5, 0.6) is 0 Å². The predicted octanol–water partition coefficient (Wildman–Crippen LogP) is 2.74. The number of rotatable bonds is 3. The molecule has 1 aliphatic rings. The Morgan fingerprint density at radius 2 is 2.24 bits per heavy atom. The molecule has 17 heavy (non-hydrogen) atoms. The summed E-state index contributed by atoms with van der Waals surface area (Å²) >= 11 is 5.85. The smallest absolute Gasteiger partial charge is 0.0837 e. The van der Waals surface area contributed by atoms with Crippen molar-refractivity contribution in [2.45, 2.75) is 26.5 Å². The molecule has 0 spiro atoms. The number of hydrogen-bond acceptors (Lipinski definition) is 2. The summed E-state index contributed by atoms with van der Waals surface area (Å²) in [5.41, 5.74) is 4.11. The minimum absolute atomic E-state index is 0.190. The molecule has 0 aliphatic carbocycles. The van der Waals surface area contributed by atoms with Crippen molar-refractivity contribution in [2.75, 3.05) is 25.6 Å². The van der Waals surface area contributed by atoms with E-state index < -0.39 is 0 Å². The monoisotopic (exact) mass is 253 g/mol. The van der Waals surface area contributed by atoms with Crippen LogP contribution >= 0.6 is 11.6 Å². The van der Waals surface area contributed by atoms with Gasteiger partial charge in [0.1, 0.15) is 0 Å². The Hall–Kier alpha value is -0.570. The molecule has 1 unspecified atom stereocenters. The maximum Gasteiger partial charge on any atom is 0.0837 e. The number of ether oxygens (including phenoxy) is 1. The van der Waals surface area contributed by atoms with Gasteiger partial charge in [0.15, 0.2) is 0 Å². The summed E-state index contributed by atoms with van der Waals surface area (Å²) in [4.78, 5) is 2.43. The van der Waals surface area contributed by atoms with Crippen molar-refractivity contribution in [1.82, 2.24) is 4.90 Å². The molecule has 0 radical (unpaired) electrons. The molecule has 3 heteroatoms. The van der Waals surface area contributed by atoms with Crippen molar-refractivity contribution in [3.8, 4) is 0 Å². The number of benzene rings is 1. The minimum Gasteiger partial charge on any atom is -0.374 e. The van der Waals surface area contributed by atoms with Gasteiger partial charge in [-0.1, -0.05) is 23.8 Å². The van der Waals surface area contributed by atoms with Crippen molar-refractivity contribution in [3.05, 3.63) is 34.9 Å². The fourth-order valence-corrected chi connectivity index (χ4v) is 2.42. The summed E-state index contributed by atoms with van der Waals surface area (Å²) in [6, 6.07) is 6.64. The fraction of sp³-hybridized carbons (Fsp3) is 0.571. The largest absolute Gasteiger partial charge is 0.374 e. The molecule has 1 aromatic rings. The third kappa shape index (κ3) is 3.44. The van der Waals surface area contributed by atoms with Crippen LogP contribution in [0.15, 0.2) is 18.2 Å². The summed E-state index contributed by atoms with van der Waals surface area (Å²) in [5, 5.41) is 0. The highest BCUT2D eigenvalue weighted by Crippen LogP contribution is 2.16. The quantitative estimate of drug-likeness (QED) is 0.768. The predicted molar refractivity (Wildman–Crippen MR) is 71.7 cm³/mol. The number of morpholine rings is 1. The first-order valence-electron chi connectivity index (χ1n) is 6.15. The molecule has 1 aliphatic heterocycles. The third-order valence-corrected chi connectivity index (χ3v) is 3.64. The molecule has 2 rings (SSSR count). The van der Waals surface area contributed by atoms with Crippen molar-refractivity contribution in [1.29, 1.82) is 0 Å². The van der Waals surface area contributed by atoms with Crippen LogP contribution in [-0.4, -0.2) is 36.6 Å². The van der Waals surface area contributed by atoms with E-state index in [1.54, 1.807) is 0 Å². The van der Waals surface area contributed by atoms with Crippen LogP contribution in [0.4, 0.5) is 0 Å². The summed E-state index contributed by atoms with van der Waals surface area (Å²) in [6.45, 7) is 8.06. The molecule has 1 saturated heterocycles. The van der Waals surface area contributed by atoms with Crippen molar-refractivity contribution >= 4 is 11.6 Å². The van der Waals surface area contributed by atoms with E-state index in [1.807, 2.05) is 0 Å². The topological polar surface area (TPSA) is 12.5 Å². The Morgan fingerprint density at radius 3 is 3.00 bits per heavy atom. The van der Waals surface area contributed by atoms with E-state index >= 15 is 0 Å². The molecular formula is C14H20ClNO. The Labute approximate surface area is 109 Å². The van der Waals surface area contributed by atoms with Crippen LogP contribution in [-0.2, 0) is 11.3 Å². The van der Waals surface area contributed by atoms with Crippen LogP contribution in [0.3, 0.4) is 0 Å². The molecule has 0 saturated carbocycles. The van der Waals surface area contributed by atoms with Crippen LogP contribution in [0.2, 0.25) is 0 Å². The number of alkyl halides is 1. The van der Waals surface area contributed by atoms with Crippen molar-refractivity contribution in [2.24, 2.45) is 0 Å². The lowest BCUT2D eigenvalue weighted by molar-refractivity contribution is -0.0194. The lowest BCUT2D eigenvalue weighted by atomic mass is 10.0. The van der Waals surface area contributed by atoms with Gasteiger partial charge < -0.3 is 4.74 Å². The highest BCUT2D eigenvalue weighted by molar-refractivity contribution is 6.18. The van der Waals surface area contributed by atoms with E-state index in [0.717, 1.165) is 26.2 Å². The molecule has 1 atom stereocenters. The average Bonchev–Trinajstić information content (AvgIpc) is 2.34. The first kappa shape index (κ1) is 12.9. The first-order chi connectivity index (χ1) is 8.19.